The van der Waals surface area contributed by atoms with E-state index >= 15 is 0 Å². The van der Waals surface area contributed by atoms with Gasteiger partial charge in [0, 0.05) is 18.0 Å². The van der Waals surface area contributed by atoms with Crippen LogP contribution in [0.15, 0.2) is 0 Å². The Morgan fingerprint density at radius 1 is 0.792 bits per heavy atom. The summed E-state index contributed by atoms with van der Waals surface area (Å²) in [6.45, 7) is 2.13. The van der Waals surface area contributed by atoms with E-state index in [1.807, 2.05) is 0 Å². The summed E-state index contributed by atoms with van der Waals surface area (Å²) < 4.78 is 0. The summed E-state index contributed by atoms with van der Waals surface area (Å²) in [6.07, 6.45) is 18.7. The second-order valence-electron chi connectivity index (χ2n) is 8.44. The largest absolute Gasteiger partial charge is 0.353 e. The van der Waals surface area contributed by atoms with Gasteiger partial charge in [-0.3, -0.25) is 4.79 Å². The minimum atomic E-state index is 0.224. The lowest BCUT2D eigenvalue weighted by Crippen LogP contribution is -2.40. The fourth-order valence-corrected chi connectivity index (χ4v) is 4.56. The molecule has 2 aliphatic carbocycles. The Hall–Kier alpha value is -0.570. The van der Waals surface area contributed by atoms with Gasteiger partial charge in [0.05, 0.1) is 0 Å². The normalized spacial score (nSPS) is 29.9. The number of hydrogen-bond donors (Lipinski definition) is 2. The first kappa shape index (κ1) is 19.8. The predicted molar refractivity (Wildman–Crippen MR) is 102 cm³/mol. The van der Waals surface area contributed by atoms with Crippen molar-refractivity contribution in [3.63, 3.8) is 0 Å². The van der Waals surface area contributed by atoms with Crippen LogP contribution in [0.1, 0.15) is 103 Å². The van der Waals surface area contributed by atoms with Gasteiger partial charge in [-0.05, 0) is 51.4 Å². The van der Waals surface area contributed by atoms with Crippen LogP contribution in [0.2, 0.25) is 0 Å². The van der Waals surface area contributed by atoms with Gasteiger partial charge in [-0.15, -0.1) is 0 Å². The highest BCUT2D eigenvalue weighted by Gasteiger charge is 2.25. The Balaban J connectivity index is 1.81. The van der Waals surface area contributed by atoms with Crippen LogP contribution in [0.4, 0.5) is 0 Å². The minimum Gasteiger partial charge on any atom is -0.353 e. The third kappa shape index (κ3) is 7.13. The zero-order valence-corrected chi connectivity index (χ0v) is 15.9. The lowest BCUT2D eigenvalue weighted by molar-refractivity contribution is -0.126. The van der Waals surface area contributed by atoms with Gasteiger partial charge in [0.25, 0.3) is 0 Å². The molecule has 2 unspecified atom stereocenters. The van der Waals surface area contributed by atoms with Gasteiger partial charge >= 0.3 is 0 Å². The lowest BCUT2D eigenvalue weighted by atomic mass is 9.82. The molecular weight excluding hydrogens is 296 g/mol. The molecule has 0 radical (unpaired) electrons. The number of carbonyl (C=O) groups excluding carboxylic acids is 1. The Bertz CT molecular complexity index is 346. The van der Waals surface area contributed by atoms with Gasteiger partial charge in [-0.25, -0.2) is 0 Å². The van der Waals surface area contributed by atoms with Crippen molar-refractivity contribution in [2.24, 2.45) is 17.6 Å². The number of rotatable bonds is 3. The number of amides is 1. The zero-order valence-electron chi connectivity index (χ0n) is 15.9. The molecule has 0 bridgehead atoms. The van der Waals surface area contributed by atoms with Gasteiger partial charge in [-0.1, -0.05) is 57.8 Å². The minimum absolute atomic E-state index is 0.224. The number of nitrogens with two attached hydrogens (primary N) is 1. The maximum absolute atomic E-state index is 12.8. The van der Waals surface area contributed by atoms with Crippen LogP contribution in [0.25, 0.3) is 0 Å². The number of hydrogen-bond acceptors (Lipinski definition) is 2. The van der Waals surface area contributed by atoms with E-state index in [2.05, 4.69) is 12.2 Å². The van der Waals surface area contributed by atoms with E-state index in [0.717, 1.165) is 19.3 Å². The highest BCUT2D eigenvalue weighted by molar-refractivity contribution is 5.78. The highest BCUT2D eigenvalue weighted by atomic mass is 16.1. The van der Waals surface area contributed by atoms with Crippen LogP contribution in [0, 0.1) is 11.8 Å². The molecule has 0 heterocycles. The molecule has 3 atom stereocenters. The molecule has 3 N–H and O–H groups in total. The monoisotopic (exact) mass is 336 g/mol. The molecule has 0 aromatic rings. The Morgan fingerprint density at radius 3 is 1.96 bits per heavy atom. The van der Waals surface area contributed by atoms with Crippen LogP contribution in [0.5, 0.6) is 0 Å². The summed E-state index contributed by atoms with van der Waals surface area (Å²) in [5.74, 6) is 1.17. The summed E-state index contributed by atoms with van der Waals surface area (Å²) in [7, 11) is 0. The molecule has 3 heteroatoms. The molecule has 2 fully saturated rings. The Morgan fingerprint density at radius 2 is 1.33 bits per heavy atom. The fourth-order valence-electron chi connectivity index (χ4n) is 4.56. The van der Waals surface area contributed by atoms with E-state index in [9.17, 15) is 4.79 Å². The molecule has 24 heavy (non-hydrogen) atoms. The molecule has 2 saturated carbocycles. The van der Waals surface area contributed by atoms with Crippen LogP contribution >= 0.6 is 0 Å². The predicted octanol–water partition coefficient (Wildman–Crippen LogP) is 4.93. The molecule has 3 nitrogen and oxygen atoms in total. The number of nitrogens with one attached hydrogen (secondary N) is 1. The molecule has 0 aromatic heterocycles. The summed E-state index contributed by atoms with van der Waals surface area (Å²) in [5.41, 5.74) is 6.12. The Labute approximate surface area is 149 Å². The molecular formula is C21H40N2O. The van der Waals surface area contributed by atoms with Crippen LogP contribution < -0.4 is 11.1 Å². The second kappa shape index (κ2) is 11.1. The standard InChI is InChI=1S/C21H40N2O/c1-17(22)18-11-9-10-12-19(16-15-18)21(24)23-20-13-7-5-3-2-4-6-8-14-20/h17-20H,2-16,22H2,1H3,(H,23,24)/t17-,18?,19?/m1/s1. The molecule has 1 amide bonds. The highest BCUT2D eigenvalue weighted by Crippen LogP contribution is 2.28. The van der Waals surface area contributed by atoms with Crippen LogP contribution in [-0.4, -0.2) is 18.0 Å². The average molecular weight is 337 g/mol. The zero-order chi connectivity index (χ0) is 17.2. The van der Waals surface area contributed by atoms with Crippen molar-refractivity contribution < 1.29 is 4.79 Å². The van der Waals surface area contributed by atoms with E-state index < -0.39 is 0 Å². The van der Waals surface area contributed by atoms with Gasteiger partial charge in [0.1, 0.15) is 0 Å². The topological polar surface area (TPSA) is 55.1 Å². The Kier molecular flexibility index (Phi) is 9.15. The quantitative estimate of drug-likeness (QED) is 0.768. The van der Waals surface area contributed by atoms with Crippen molar-refractivity contribution in [2.75, 3.05) is 0 Å². The first-order valence-corrected chi connectivity index (χ1v) is 10.7. The molecule has 0 spiro atoms. The number of carbonyl (C=O) groups is 1. The molecule has 2 rings (SSSR count). The van der Waals surface area contributed by atoms with Crippen molar-refractivity contribution >= 4 is 5.91 Å². The molecule has 140 valence electrons. The smallest absolute Gasteiger partial charge is 0.223 e. The van der Waals surface area contributed by atoms with Crippen molar-refractivity contribution in [1.82, 2.24) is 5.32 Å². The summed E-state index contributed by atoms with van der Waals surface area (Å²) in [5, 5.41) is 3.43. The van der Waals surface area contributed by atoms with Gasteiger partial charge in [0.15, 0.2) is 0 Å². The van der Waals surface area contributed by atoms with Crippen LogP contribution in [0.3, 0.4) is 0 Å². The van der Waals surface area contributed by atoms with E-state index in [0.29, 0.717) is 17.9 Å². The maximum atomic E-state index is 12.8. The van der Waals surface area contributed by atoms with Gasteiger partial charge in [0.2, 0.25) is 5.91 Å². The summed E-state index contributed by atoms with van der Waals surface area (Å²) in [6, 6.07) is 0.690. The summed E-state index contributed by atoms with van der Waals surface area (Å²) >= 11 is 0. The fraction of sp³-hybridized carbons (Fsp3) is 0.952. The van der Waals surface area contributed by atoms with E-state index in [-0.39, 0.29) is 12.0 Å². The molecule has 2 aliphatic rings. The summed E-state index contributed by atoms with van der Waals surface area (Å²) in [4.78, 5) is 12.8. The third-order valence-electron chi connectivity index (χ3n) is 6.33. The van der Waals surface area contributed by atoms with Crippen molar-refractivity contribution in [3.05, 3.63) is 0 Å². The van der Waals surface area contributed by atoms with E-state index in [1.54, 1.807) is 0 Å². The first-order valence-electron chi connectivity index (χ1n) is 10.7. The lowest BCUT2D eigenvalue weighted by Gasteiger charge is -2.28. The second-order valence-corrected chi connectivity index (χ2v) is 8.44. The maximum Gasteiger partial charge on any atom is 0.223 e. The molecule has 0 aromatic carbocycles. The van der Waals surface area contributed by atoms with Gasteiger partial charge in [-0.2, -0.15) is 0 Å². The first-order chi connectivity index (χ1) is 11.7. The van der Waals surface area contributed by atoms with E-state index in [1.165, 1.54) is 77.0 Å². The van der Waals surface area contributed by atoms with Crippen molar-refractivity contribution in [3.8, 4) is 0 Å². The van der Waals surface area contributed by atoms with Crippen molar-refractivity contribution in [2.45, 2.75) is 115 Å². The molecule has 0 aliphatic heterocycles. The van der Waals surface area contributed by atoms with Crippen LogP contribution in [-0.2, 0) is 4.79 Å². The molecule has 0 saturated heterocycles. The third-order valence-corrected chi connectivity index (χ3v) is 6.33. The van der Waals surface area contributed by atoms with Crippen molar-refractivity contribution in [1.29, 1.82) is 0 Å². The van der Waals surface area contributed by atoms with E-state index in [4.69, 9.17) is 5.73 Å². The SMILES string of the molecule is C[C@@H](N)C1CCCCC(C(=O)NC2CCCCCCCCC2)CC1. The average Bonchev–Trinajstić information content (AvgIpc) is 2.53. The van der Waals surface area contributed by atoms with Gasteiger partial charge < -0.3 is 11.1 Å².